The van der Waals surface area contributed by atoms with Gasteiger partial charge in [0.25, 0.3) is 0 Å². The summed E-state index contributed by atoms with van der Waals surface area (Å²) >= 11 is 0. The van der Waals surface area contributed by atoms with E-state index in [0.717, 1.165) is 12.8 Å². The zero-order valence-electron chi connectivity index (χ0n) is 10.5. The van der Waals surface area contributed by atoms with Gasteiger partial charge < -0.3 is 10.4 Å². The predicted molar refractivity (Wildman–Crippen MR) is 67.2 cm³/mol. The molecular weight excluding hydrogens is 249 g/mol. The zero-order valence-corrected chi connectivity index (χ0v) is 10.5. The number of nitrogens with one attached hydrogen (secondary N) is 1. The summed E-state index contributed by atoms with van der Waals surface area (Å²) in [5, 5.41) is 11.1. The van der Waals surface area contributed by atoms with E-state index in [0.29, 0.717) is 18.4 Å². The van der Waals surface area contributed by atoms with Crippen LogP contribution >= 0.6 is 0 Å². The van der Waals surface area contributed by atoms with Gasteiger partial charge >= 0.3 is 5.97 Å². The summed E-state index contributed by atoms with van der Waals surface area (Å²) in [6.45, 7) is -0.407. The molecule has 0 aromatic heterocycles. The summed E-state index contributed by atoms with van der Waals surface area (Å²) in [5.74, 6) is -1.78. The molecule has 0 bridgehead atoms. The van der Waals surface area contributed by atoms with Gasteiger partial charge in [-0.3, -0.25) is 9.59 Å². The van der Waals surface area contributed by atoms with Crippen LogP contribution in [0.25, 0.3) is 0 Å². The highest BCUT2D eigenvalue weighted by Crippen LogP contribution is 2.41. The number of carboxylic acids is 1. The van der Waals surface area contributed by atoms with Crippen LogP contribution in [0.15, 0.2) is 24.3 Å². The van der Waals surface area contributed by atoms with E-state index < -0.39 is 17.9 Å². The lowest BCUT2D eigenvalue weighted by Gasteiger charge is -2.28. The first-order valence-corrected chi connectivity index (χ1v) is 6.31. The lowest BCUT2D eigenvalue weighted by molar-refractivity contribution is -0.138. The van der Waals surface area contributed by atoms with Gasteiger partial charge in [-0.05, 0) is 30.5 Å². The van der Waals surface area contributed by atoms with Crippen LogP contribution in [0.5, 0.6) is 0 Å². The Morgan fingerprint density at radius 3 is 2.58 bits per heavy atom. The Kier molecular flexibility index (Phi) is 3.83. The van der Waals surface area contributed by atoms with E-state index in [4.69, 9.17) is 5.11 Å². The summed E-state index contributed by atoms with van der Waals surface area (Å²) in [7, 11) is 0. The van der Waals surface area contributed by atoms with E-state index in [9.17, 15) is 14.0 Å². The Balaban J connectivity index is 2.27. The van der Waals surface area contributed by atoms with E-state index in [1.54, 1.807) is 12.1 Å². The molecular formula is C14H16FNO3. The largest absolute Gasteiger partial charge is 0.480 e. The third-order valence-corrected chi connectivity index (χ3v) is 3.67. The molecule has 19 heavy (non-hydrogen) atoms. The average molecular weight is 265 g/mol. The first kappa shape index (κ1) is 13.5. The number of halogens is 1. The Morgan fingerprint density at radius 2 is 2.00 bits per heavy atom. The van der Waals surface area contributed by atoms with Crippen molar-refractivity contribution < 1.29 is 19.1 Å². The fraction of sp³-hybridized carbons (Fsp3) is 0.429. The summed E-state index contributed by atoms with van der Waals surface area (Å²) in [4.78, 5) is 22.8. The topological polar surface area (TPSA) is 66.4 Å². The standard InChI is InChI=1S/C14H16FNO3/c15-11-5-3-4-10(8-11)14(6-1-2-7-14)13(19)16-9-12(17)18/h3-5,8H,1-2,6-7,9H2,(H,16,19)(H,17,18). The van der Waals surface area contributed by atoms with Gasteiger partial charge in [0.2, 0.25) is 5.91 Å². The normalized spacial score (nSPS) is 17.1. The van der Waals surface area contributed by atoms with Gasteiger partial charge in [0.1, 0.15) is 12.4 Å². The predicted octanol–water partition coefficient (Wildman–Crippen LogP) is 1.84. The Morgan fingerprint density at radius 1 is 1.32 bits per heavy atom. The van der Waals surface area contributed by atoms with E-state index in [2.05, 4.69) is 5.32 Å². The first-order valence-electron chi connectivity index (χ1n) is 6.31. The second-order valence-electron chi connectivity index (χ2n) is 4.88. The smallest absolute Gasteiger partial charge is 0.322 e. The van der Waals surface area contributed by atoms with Crippen molar-refractivity contribution in [1.29, 1.82) is 0 Å². The minimum Gasteiger partial charge on any atom is -0.480 e. The molecule has 1 aliphatic carbocycles. The fourth-order valence-electron chi connectivity index (χ4n) is 2.74. The monoisotopic (exact) mass is 265 g/mol. The number of amides is 1. The molecule has 1 saturated carbocycles. The second-order valence-corrected chi connectivity index (χ2v) is 4.88. The van der Waals surface area contributed by atoms with Gasteiger partial charge in [0, 0.05) is 0 Å². The minimum atomic E-state index is -1.08. The number of hydrogen-bond donors (Lipinski definition) is 2. The van der Waals surface area contributed by atoms with Crippen LogP contribution in [0.4, 0.5) is 4.39 Å². The SMILES string of the molecule is O=C(O)CNC(=O)C1(c2cccc(F)c2)CCCC1. The van der Waals surface area contributed by atoms with Crippen molar-refractivity contribution in [1.82, 2.24) is 5.32 Å². The third kappa shape index (κ3) is 2.75. The van der Waals surface area contributed by atoms with Crippen LogP contribution in [0.3, 0.4) is 0 Å². The van der Waals surface area contributed by atoms with E-state index in [1.807, 2.05) is 0 Å². The Hall–Kier alpha value is -1.91. The maximum atomic E-state index is 13.3. The number of aliphatic carboxylic acids is 1. The molecule has 0 spiro atoms. The van der Waals surface area contributed by atoms with E-state index in [1.165, 1.54) is 12.1 Å². The van der Waals surface area contributed by atoms with Crippen molar-refractivity contribution in [2.24, 2.45) is 0 Å². The van der Waals surface area contributed by atoms with Crippen molar-refractivity contribution in [2.75, 3.05) is 6.54 Å². The Labute approximate surface area is 110 Å². The second kappa shape index (κ2) is 5.38. The Bertz CT molecular complexity index is 495. The molecule has 102 valence electrons. The van der Waals surface area contributed by atoms with Crippen molar-refractivity contribution in [3.63, 3.8) is 0 Å². The highest BCUT2D eigenvalue weighted by atomic mass is 19.1. The summed E-state index contributed by atoms with van der Waals surface area (Å²) < 4.78 is 13.3. The van der Waals surface area contributed by atoms with Crippen molar-refractivity contribution in [2.45, 2.75) is 31.1 Å². The minimum absolute atomic E-state index is 0.321. The number of carbonyl (C=O) groups is 2. The van der Waals surface area contributed by atoms with E-state index >= 15 is 0 Å². The van der Waals surface area contributed by atoms with E-state index in [-0.39, 0.29) is 11.7 Å². The van der Waals surface area contributed by atoms with Crippen LogP contribution < -0.4 is 5.32 Å². The van der Waals surface area contributed by atoms with Gasteiger partial charge in [-0.2, -0.15) is 0 Å². The lowest BCUT2D eigenvalue weighted by atomic mass is 9.78. The molecule has 1 fully saturated rings. The summed E-state index contributed by atoms with van der Waals surface area (Å²) in [6.07, 6.45) is 3.03. The van der Waals surface area contributed by atoms with Gasteiger partial charge in [0.05, 0.1) is 5.41 Å². The quantitative estimate of drug-likeness (QED) is 0.873. The molecule has 1 amide bonds. The molecule has 1 aromatic rings. The number of carbonyl (C=O) groups excluding carboxylic acids is 1. The number of rotatable bonds is 4. The van der Waals surface area contributed by atoms with Crippen LogP contribution in [-0.4, -0.2) is 23.5 Å². The molecule has 2 N–H and O–H groups in total. The molecule has 5 heteroatoms. The van der Waals surface area contributed by atoms with Gasteiger partial charge in [-0.1, -0.05) is 25.0 Å². The van der Waals surface area contributed by atoms with Crippen molar-refractivity contribution in [3.8, 4) is 0 Å². The molecule has 1 aromatic carbocycles. The fourth-order valence-corrected chi connectivity index (χ4v) is 2.74. The molecule has 1 aliphatic rings. The highest BCUT2D eigenvalue weighted by molar-refractivity contribution is 5.90. The summed E-state index contributed by atoms with van der Waals surface area (Å²) in [5.41, 5.74) is -0.148. The molecule has 4 nitrogen and oxygen atoms in total. The molecule has 0 saturated heterocycles. The van der Waals surface area contributed by atoms with Gasteiger partial charge in [0.15, 0.2) is 0 Å². The maximum Gasteiger partial charge on any atom is 0.322 e. The van der Waals surface area contributed by atoms with Crippen molar-refractivity contribution >= 4 is 11.9 Å². The number of carboxylic acid groups (broad SMARTS) is 1. The molecule has 0 atom stereocenters. The average Bonchev–Trinajstić information content (AvgIpc) is 2.86. The zero-order chi connectivity index (χ0) is 13.9. The number of hydrogen-bond acceptors (Lipinski definition) is 2. The van der Waals surface area contributed by atoms with Gasteiger partial charge in [-0.25, -0.2) is 4.39 Å². The molecule has 2 rings (SSSR count). The van der Waals surface area contributed by atoms with Crippen molar-refractivity contribution in [3.05, 3.63) is 35.6 Å². The third-order valence-electron chi connectivity index (χ3n) is 3.67. The van der Waals surface area contributed by atoms with Crippen LogP contribution in [-0.2, 0) is 15.0 Å². The lowest BCUT2D eigenvalue weighted by Crippen LogP contribution is -2.44. The van der Waals surface area contributed by atoms with Crippen LogP contribution in [0.1, 0.15) is 31.2 Å². The maximum absolute atomic E-state index is 13.3. The molecule has 0 heterocycles. The molecule has 0 aliphatic heterocycles. The molecule has 0 radical (unpaired) electrons. The van der Waals surface area contributed by atoms with Crippen LogP contribution in [0, 0.1) is 5.82 Å². The first-order chi connectivity index (χ1) is 9.04. The van der Waals surface area contributed by atoms with Gasteiger partial charge in [-0.15, -0.1) is 0 Å². The highest BCUT2D eigenvalue weighted by Gasteiger charge is 2.42. The summed E-state index contributed by atoms with van der Waals surface area (Å²) in [6, 6.07) is 6.01. The van der Waals surface area contributed by atoms with Crippen LogP contribution in [0.2, 0.25) is 0 Å². The molecule has 0 unspecified atom stereocenters. The number of benzene rings is 1.